The molecule has 42 heavy (non-hydrogen) atoms. The Labute approximate surface area is 252 Å². The van der Waals surface area contributed by atoms with Gasteiger partial charge in [-0.15, -0.1) is 6.58 Å². The number of aryl methyl sites for hydroxylation is 1. The van der Waals surface area contributed by atoms with E-state index in [1.807, 2.05) is 84.9 Å². The second kappa shape index (κ2) is 15.4. The van der Waals surface area contributed by atoms with E-state index in [2.05, 4.69) is 52.6 Å². The molecule has 0 aliphatic carbocycles. The molecule has 1 atom stereocenters. The van der Waals surface area contributed by atoms with Crippen molar-refractivity contribution >= 4 is 20.3 Å². The zero-order chi connectivity index (χ0) is 30.6. The summed E-state index contributed by atoms with van der Waals surface area (Å²) in [6, 6.07) is 29.0. The molecule has 0 spiro atoms. The number of carbonyl (C=O) groups excluding carboxylic acids is 2. The van der Waals surface area contributed by atoms with E-state index in [1.165, 1.54) is 5.56 Å². The Morgan fingerprint density at radius 3 is 1.60 bits per heavy atom. The van der Waals surface area contributed by atoms with E-state index in [9.17, 15) is 9.59 Å². The van der Waals surface area contributed by atoms with Crippen LogP contribution >= 0.6 is 0 Å². The lowest BCUT2D eigenvalue weighted by Crippen LogP contribution is -2.43. The third-order valence-corrected chi connectivity index (χ3v) is 12.1. The third-order valence-electron chi connectivity index (χ3n) is 7.70. The summed E-state index contributed by atoms with van der Waals surface area (Å²) in [5.41, 5.74) is 2.85. The van der Waals surface area contributed by atoms with Gasteiger partial charge in [-0.2, -0.15) is 0 Å². The summed E-state index contributed by atoms with van der Waals surface area (Å²) in [6.45, 7) is 14.9. The SMILES string of the molecule is C=C[C@H](/C(=C/CCc1ccccc1)O[Si](C)(C)C(C)(C)C)C(C(=O)OCc1ccccc1)C(=O)OCc1ccccc1. The van der Waals surface area contributed by atoms with Crippen molar-refractivity contribution in [3.63, 3.8) is 0 Å². The largest absolute Gasteiger partial charge is 0.546 e. The molecule has 3 aromatic carbocycles. The molecule has 0 radical (unpaired) electrons. The number of hydrogen-bond acceptors (Lipinski definition) is 5. The van der Waals surface area contributed by atoms with Gasteiger partial charge in [0.05, 0.1) is 11.7 Å². The van der Waals surface area contributed by atoms with Crippen LogP contribution in [0.25, 0.3) is 0 Å². The second-order valence-corrected chi connectivity index (χ2v) is 16.6. The van der Waals surface area contributed by atoms with Gasteiger partial charge in [-0.3, -0.25) is 9.59 Å². The minimum absolute atomic E-state index is 0.0438. The van der Waals surface area contributed by atoms with Crippen LogP contribution < -0.4 is 0 Å². The Hall–Kier alpha value is -3.90. The van der Waals surface area contributed by atoms with Gasteiger partial charge in [-0.05, 0) is 53.7 Å². The summed E-state index contributed by atoms with van der Waals surface area (Å²) >= 11 is 0. The molecule has 0 aromatic heterocycles. The van der Waals surface area contributed by atoms with Gasteiger partial charge >= 0.3 is 11.9 Å². The van der Waals surface area contributed by atoms with Crippen LogP contribution in [0, 0.1) is 11.8 Å². The molecule has 3 rings (SSSR count). The van der Waals surface area contributed by atoms with E-state index in [0.717, 1.165) is 17.5 Å². The highest BCUT2D eigenvalue weighted by atomic mass is 28.4. The average molecular weight is 585 g/mol. The van der Waals surface area contributed by atoms with Crippen molar-refractivity contribution in [3.05, 3.63) is 132 Å². The quantitative estimate of drug-likeness (QED) is 0.0626. The first-order valence-electron chi connectivity index (χ1n) is 14.5. The van der Waals surface area contributed by atoms with Crippen LogP contribution in [0.4, 0.5) is 0 Å². The lowest BCUT2D eigenvalue weighted by Gasteiger charge is -2.39. The Bertz CT molecular complexity index is 1260. The van der Waals surface area contributed by atoms with Crippen molar-refractivity contribution in [2.45, 2.75) is 65.0 Å². The van der Waals surface area contributed by atoms with Gasteiger partial charge in [0.15, 0.2) is 5.92 Å². The van der Waals surface area contributed by atoms with E-state index in [0.29, 0.717) is 12.2 Å². The van der Waals surface area contributed by atoms with Crippen LogP contribution in [0.5, 0.6) is 0 Å². The van der Waals surface area contributed by atoms with Crippen molar-refractivity contribution in [3.8, 4) is 0 Å². The van der Waals surface area contributed by atoms with E-state index in [-0.39, 0.29) is 18.3 Å². The monoisotopic (exact) mass is 584 g/mol. The Kier molecular flexibility index (Phi) is 11.9. The number of carbonyl (C=O) groups is 2. The zero-order valence-corrected chi connectivity index (χ0v) is 26.5. The molecule has 0 fully saturated rings. The highest BCUT2D eigenvalue weighted by Gasteiger charge is 2.44. The number of ether oxygens (including phenoxy) is 2. The smallest absolute Gasteiger partial charge is 0.321 e. The molecule has 0 saturated carbocycles. The van der Waals surface area contributed by atoms with Crippen LogP contribution in [0.3, 0.4) is 0 Å². The van der Waals surface area contributed by atoms with Crippen LogP contribution in [0.15, 0.2) is 115 Å². The number of rotatable bonds is 14. The predicted molar refractivity (Wildman–Crippen MR) is 171 cm³/mol. The fourth-order valence-corrected chi connectivity index (χ4v) is 5.28. The Morgan fingerprint density at radius 1 is 0.762 bits per heavy atom. The summed E-state index contributed by atoms with van der Waals surface area (Å²) in [4.78, 5) is 27.4. The molecule has 0 bridgehead atoms. The van der Waals surface area contributed by atoms with Crippen molar-refractivity contribution < 1.29 is 23.5 Å². The van der Waals surface area contributed by atoms with Gasteiger partial charge in [0.2, 0.25) is 8.32 Å². The van der Waals surface area contributed by atoms with Gasteiger partial charge in [0, 0.05) is 0 Å². The highest BCUT2D eigenvalue weighted by molar-refractivity contribution is 6.74. The minimum atomic E-state index is -2.35. The molecular weight excluding hydrogens is 540 g/mol. The van der Waals surface area contributed by atoms with Gasteiger partial charge < -0.3 is 13.9 Å². The van der Waals surface area contributed by atoms with Gasteiger partial charge in [-0.1, -0.05) is 118 Å². The maximum Gasteiger partial charge on any atom is 0.321 e. The zero-order valence-electron chi connectivity index (χ0n) is 25.5. The minimum Gasteiger partial charge on any atom is -0.546 e. The highest BCUT2D eigenvalue weighted by Crippen LogP contribution is 2.40. The molecule has 0 aliphatic heterocycles. The first kappa shape index (κ1) is 32.6. The first-order chi connectivity index (χ1) is 20.0. The van der Waals surface area contributed by atoms with E-state index in [4.69, 9.17) is 13.9 Å². The summed E-state index contributed by atoms with van der Waals surface area (Å²) in [6.07, 6.45) is 5.07. The fraction of sp³-hybridized carbons (Fsp3) is 0.333. The number of allylic oxidation sites excluding steroid dienone is 2. The van der Waals surface area contributed by atoms with E-state index in [1.54, 1.807) is 6.08 Å². The van der Waals surface area contributed by atoms with Crippen LogP contribution in [-0.4, -0.2) is 20.3 Å². The van der Waals surface area contributed by atoms with Crippen molar-refractivity contribution in [1.29, 1.82) is 0 Å². The molecule has 6 heteroatoms. The molecule has 0 aliphatic rings. The molecule has 0 unspecified atom stereocenters. The molecule has 0 N–H and O–H groups in total. The maximum atomic E-state index is 13.7. The standard InChI is InChI=1S/C36H44O5Si/c1-7-31(32(41-42(5,6)36(2,3)4)25-17-24-28-18-11-8-12-19-28)33(34(37)39-26-29-20-13-9-14-21-29)35(38)40-27-30-22-15-10-16-23-30/h7-16,18-23,25,31,33H,1,17,24,26-27H2,2-6H3/b32-25-/t31-/m1/s1. The molecule has 0 saturated heterocycles. The molecule has 0 heterocycles. The molecule has 0 amide bonds. The Balaban J connectivity index is 1.94. The van der Waals surface area contributed by atoms with Crippen molar-refractivity contribution in [1.82, 2.24) is 0 Å². The number of benzene rings is 3. The van der Waals surface area contributed by atoms with Gasteiger partial charge in [-0.25, -0.2) is 0 Å². The van der Waals surface area contributed by atoms with E-state index < -0.39 is 32.1 Å². The lowest BCUT2D eigenvalue weighted by molar-refractivity contribution is -0.165. The van der Waals surface area contributed by atoms with E-state index >= 15 is 0 Å². The second-order valence-electron chi connectivity index (χ2n) is 11.9. The summed E-state index contributed by atoms with van der Waals surface area (Å²) in [7, 11) is -2.35. The first-order valence-corrected chi connectivity index (χ1v) is 17.4. The number of esters is 2. The summed E-state index contributed by atoms with van der Waals surface area (Å²) in [5.74, 6) is -2.82. The topological polar surface area (TPSA) is 61.8 Å². The summed E-state index contributed by atoms with van der Waals surface area (Å²) < 4.78 is 18.2. The lowest BCUT2D eigenvalue weighted by atomic mass is 9.89. The normalized spacial score (nSPS) is 12.9. The fourth-order valence-electron chi connectivity index (χ4n) is 4.16. The predicted octanol–water partition coefficient (Wildman–Crippen LogP) is 8.43. The van der Waals surface area contributed by atoms with Crippen LogP contribution in [-0.2, 0) is 43.1 Å². The van der Waals surface area contributed by atoms with Gasteiger partial charge in [0.25, 0.3) is 0 Å². The Morgan fingerprint density at radius 2 is 1.19 bits per heavy atom. The van der Waals surface area contributed by atoms with Crippen LogP contribution in [0.2, 0.25) is 18.1 Å². The number of hydrogen-bond donors (Lipinski definition) is 0. The maximum absolute atomic E-state index is 13.7. The molecule has 3 aromatic rings. The molecule has 5 nitrogen and oxygen atoms in total. The molecule has 222 valence electrons. The summed E-state index contributed by atoms with van der Waals surface area (Å²) in [5, 5.41) is -0.103. The molecular formula is C36H44O5Si. The van der Waals surface area contributed by atoms with Crippen molar-refractivity contribution in [2.75, 3.05) is 0 Å². The van der Waals surface area contributed by atoms with Gasteiger partial charge in [0.1, 0.15) is 13.2 Å². The van der Waals surface area contributed by atoms with Crippen LogP contribution in [0.1, 0.15) is 43.9 Å². The van der Waals surface area contributed by atoms with Crippen molar-refractivity contribution in [2.24, 2.45) is 11.8 Å². The average Bonchev–Trinajstić information content (AvgIpc) is 2.98. The third kappa shape index (κ3) is 9.59.